The second-order valence-electron chi connectivity index (χ2n) is 3.46. The summed E-state index contributed by atoms with van der Waals surface area (Å²) in [7, 11) is 0.278. The lowest BCUT2D eigenvalue weighted by atomic mass is 10.3. The standard InChI is InChI=1S/C9H13O2PS/c10-7-1-3-8(4-2-7)13(11,12)9-5-6-9/h1-4,9-10,13H,5-6,12H2. The molecule has 1 aliphatic carbocycles. The van der Waals surface area contributed by atoms with E-state index in [-0.39, 0.29) is 5.75 Å². The van der Waals surface area contributed by atoms with Crippen molar-refractivity contribution in [1.29, 1.82) is 0 Å². The van der Waals surface area contributed by atoms with Gasteiger partial charge in [0.25, 0.3) is 0 Å². The number of benzene rings is 1. The molecule has 1 aromatic carbocycles. The highest BCUT2D eigenvalue weighted by Gasteiger charge is 2.34. The Balaban J connectivity index is 2.34. The zero-order valence-corrected chi connectivity index (χ0v) is 9.23. The van der Waals surface area contributed by atoms with Crippen LogP contribution >= 0.6 is 8.44 Å². The van der Waals surface area contributed by atoms with Crippen LogP contribution in [0.4, 0.5) is 0 Å². The van der Waals surface area contributed by atoms with Crippen LogP contribution in [0, 0.1) is 0 Å². The zero-order chi connectivity index (χ0) is 9.47. The number of phenols is 1. The van der Waals surface area contributed by atoms with Crippen molar-refractivity contribution in [1.82, 2.24) is 0 Å². The minimum atomic E-state index is -2.22. The molecule has 13 heavy (non-hydrogen) atoms. The van der Waals surface area contributed by atoms with Gasteiger partial charge < -0.3 is 5.11 Å². The van der Waals surface area contributed by atoms with Crippen LogP contribution in [0.2, 0.25) is 0 Å². The first-order valence-electron chi connectivity index (χ1n) is 4.28. The Labute approximate surface area is 80.7 Å². The SMILES string of the molecule is O=[SH](P)(c1ccc(O)cc1)C1CC1. The van der Waals surface area contributed by atoms with Gasteiger partial charge >= 0.3 is 0 Å². The summed E-state index contributed by atoms with van der Waals surface area (Å²) in [5.41, 5.74) is 0. The number of rotatable bonds is 2. The van der Waals surface area contributed by atoms with E-state index in [1.54, 1.807) is 24.3 Å². The van der Waals surface area contributed by atoms with E-state index in [0.29, 0.717) is 5.25 Å². The lowest BCUT2D eigenvalue weighted by Crippen LogP contribution is -2.08. The molecule has 0 aromatic heterocycles. The van der Waals surface area contributed by atoms with Crippen molar-refractivity contribution in [2.45, 2.75) is 23.0 Å². The van der Waals surface area contributed by atoms with Crippen LogP contribution < -0.4 is 0 Å². The Kier molecular flexibility index (Phi) is 2.17. The van der Waals surface area contributed by atoms with E-state index in [9.17, 15) is 4.21 Å². The van der Waals surface area contributed by atoms with Crippen molar-refractivity contribution in [3.8, 4) is 5.75 Å². The molecule has 4 heteroatoms. The average molecular weight is 216 g/mol. The van der Waals surface area contributed by atoms with E-state index in [2.05, 4.69) is 8.44 Å². The Morgan fingerprint density at radius 2 is 1.85 bits per heavy atom. The van der Waals surface area contributed by atoms with Crippen molar-refractivity contribution < 1.29 is 9.32 Å². The van der Waals surface area contributed by atoms with Crippen LogP contribution in [0.15, 0.2) is 29.2 Å². The summed E-state index contributed by atoms with van der Waals surface area (Å²) in [6.07, 6.45) is 2.14. The molecule has 2 nitrogen and oxygen atoms in total. The van der Waals surface area contributed by atoms with Gasteiger partial charge in [0.1, 0.15) is 5.75 Å². The van der Waals surface area contributed by atoms with Gasteiger partial charge in [-0.15, -0.1) is 0 Å². The Morgan fingerprint density at radius 1 is 1.31 bits per heavy atom. The van der Waals surface area contributed by atoms with Crippen molar-refractivity contribution in [2.24, 2.45) is 0 Å². The van der Waals surface area contributed by atoms with E-state index >= 15 is 0 Å². The van der Waals surface area contributed by atoms with Gasteiger partial charge in [0.05, 0.1) is 0 Å². The summed E-state index contributed by atoms with van der Waals surface area (Å²) in [6, 6.07) is 6.69. The number of thiol groups is 1. The first kappa shape index (κ1) is 9.17. The predicted octanol–water partition coefficient (Wildman–Crippen LogP) is 1.72. The molecular formula is C9H13O2PS. The van der Waals surface area contributed by atoms with Crippen LogP contribution in [0.25, 0.3) is 0 Å². The molecule has 0 radical (unpaired) electrons. The minimum absolute atomic E-state index is 0.226. The maximum atomic E-state index is 12.2. The molecule has 1 aromatic rings. The molecule has 1 N–H and O–H groups in total. The van der Waals surface area contributed by atoms with Crippen molar-refractivity contribution in [3.63, 3.8) is 0 Å². The molecule has 0 aliphatic heterocycles. The molecule has 0 bridgehead atoms. The molecule has 0 amide bonds. The fourth-order valence-electron chi connectivity index (χ4n) is 1.35. The first-order chi connectivity index (χ1) is 6.10. The maximum Gasteiger partial charge on any atom is 0.115 e. The maximum absolute atomic E-state index is 12.2. The average Bonchev–Trinajstić information content (AvgIpc) is 2.87. The van der Waals surface area contributed by atoms with Crippen molar-refractivity contribution in [3.05, 3.63) is 24.3 Å². The molecule has 1 fully saturated rings. The predicted molar refractivity (Wildman–Crippen MR) is 58.6 cm³/mol. The third-order valence-electron chi connectivity index (χ3n) is 2.34. The summed E-state index contributed by atoms with van der Waals surface area (Å²) >= 11 is 0. The van der Waals surface area contributed by atoms with Crippen molar-refractivity contribution >= 4 is 18.0 Å². The van der Waals surface area contributed by atoms with Crippen molar-refractivity contribution in [2.75, 3.05) is 0 Å². The Hall–Kier alpha value is -0.400. The highest BCUT2D eigenvalue weighted by molar-refractivity contribution is 8.45. The van der Waals surface area contributed by atoms with Crippen LogP contribution in [-0.4, -0.2) is 14.6 Å². The van der Waals surface area contributed by atoms with Gasteiger partial charge in [-0.1, -0.05) is 18.0 Å². The highest BCUT2D eigenvalue weighted by atomic mass is 32.8. The van der Waals surface area contributed by atoms with Crippen LogP contribution in [0.5, 0.6) is 5.75 Å². The second-order valence-corrected chi connectivity index (χ2v) is 8.42. The summed E-state index contributed by atoms with van der Waals surface area (Å²) in [5, 5.41) is 9.44. The van der Waals surface area contributed by atoms with E-state index < -0.39 is 9.55 Å². The molecule has 1 unspecified atom stereocenters. The van der Waals surface area contributed by atoms with Crippen LogP contribution in [0.3, 0.4) is 0 Å². The second kappa shape index (κ2) is 3.07. The van der Waals surface area contributed by atoms with Gasteiger partial charge in [0.2, 0.25) is 0 Å². The van der Waals surface area contributed by atoms with Gasteiger partial charge in [-0.05, 0) is 37.1 Å². The Bertz CT molecular complexity index is 356. The lowest BCUT2D eigenvalue weighted by Gasteiger charge is -2.17. The molecule has 0 spiro atoms. The number of hydrogen-bond acceptors (Lipinski definition) is 2. The largest absolute Gasteiger partial charge is 0.508 e. The number of hydrogen-bond donors (Lipinski definition) is 2. The van der Waals surface area contributed by atoms with Gasteiger partial charge in [-0.2, -0.15) is 0 Å². The third-order valence-corrected chi connectivity index (χ3v) is 7.21. The van der Waals surface area contributed by atoms with E-state index in [0.717, 1.165) is 17.7 Å². The molecule has 1 saturated carbocycles. The van der Waals surface area contributed by atoms with Crippen LogP contribution in [0.1, 0.15) is 12.8 Å². The van der Waals surface area contributed by atoms with Gasteiger partial charge in [0, 0.05) is 10.1 Å². The number of aromatic hydroxyl groups is 1. The number of phenolic OH excluding ortho intramolecular Hbond substituents is 1. The molecule has 0 saturated heterocycles. The summed E-state index contributed by atoms with van der Waals surface area (Å²) in [6.45, 7) is 0. The Morgan fingerprint density at radius 3 is 2.31 bits per heavy atom. The lowest BCUT2D eigenvalue weighted by molar-refractivity contribution is 0.475. The summed E-state index contributed by atoms with van der Waals surface area (Å²) in [4.78, 5) is 0.859. The van der Waals surface area contributed by atoms with E-state index in [1.807, 2.05) is 0 Å². The summed E-state index contributed by atoms with van der Waals surface area (Å²) in [5.74, 6) is 0.226. The third kappa shape index (κ3) is 1.77. The molecule has 0 heterocycles. The van der Waals surface area contributed by atoms with Gasteiger partial charge in [-0.3, -0.25) is 4.21 Å². The summed E-state index contributed by atoms with van der Waals surface area (Å²) < 4.78 is 12.2. The van der Waals surface area contributed by atoms with Gasteiger partial charge in [-0.25, -0.2) is 0 Å². The molecule has 1 atom stereocenters. The van der Waals surface area contributed by atoms with Crippen LogP contribution in [-0.2, 0) is 9.55 Å². The topological polar surface area (TPSA) is 37.3 Å². The normalized spacial score (nSPS) is 18.5. The fourth-order valence-corrected chi connectivity index (χ4v) is 4.72. The highest BCUT2D eigenvalue weighted by Crippen LogP contribution is 2.43. The quantitative estimate of drug-likeness (QED) is 0.583. The smallest absolute Gasteiger partial charge is 0.115 e. The zero-order valence-electron chi connectivity index (χ0n) is 7.18. The fraction of sp³-hybridized carbons (Fsp3) is 0.333. The minimum Gasteiger partial charge on any atom is -0.508 e. The molecule has 1 aliphatic rings. The molecular weight excluding hydrogens is 203 g/mol. The molecule has 72 valence electrons. The van der Waals surface area contributed by atoms with Gasteiger partial charge in [0.15, 0.2) is 0 Å². The molecule has 2 rings (SSSR count). The van der Waals surface area contributed by atoms with E-state index in [4.69, 9.17) is 5.11 Å². The monoisotopic (exact) mass is 216 g/mol. The van der Waals surface area contributed by atoms with E-state index in [1.165, 1.54) is 0 Å². The first-order valence-corrected chi connectivity index (χ1v) is 7.68.